The van der Waals surface area contributed by atoms with Gasteiger partial charge in [0, 0.05) is 17.0 Å². The lowest BCUT2D eigenvalue weighted by Crippen LogP contribution is -2.21. The molecular formula is C21H24FN3O2. The zero-order valence-electron chi connectivity index (χ0n) is 16.0. The highest BCUT2D eigenvalue weighted by molar-refractivity contribution is 6.06. The number of halogens is 1. The summed E-state index contributed by atoms with van der Waals surface area (Å²) in [7, 11) is 0. The first-order chi connectivity index (χ1) is 12.6. The minimum Gasteiger partial charge on any atom is -0.326 e. The monoisotopic (exact) mass is 369 g/mol. The van der Waals surface area contributed by atoms with Crippen LogP contribution in [-0.4, -0.2) is 17.5 Å². The van der Waals surface area contributed by atoms with E-state index in [0.29, 0.717) is 17.0 Å². The van der Waals surface area contributed by atoms with Crippen molar-refractivity contribution in [1.29, 1.82) is 0 Å². The number of rotatable bonds is 5. The molecule has 0 heterocycles. The maximum absolute atomic E-state index is 13.1. The fourth-order valence-electron chi connectivity index (χ4n) is 2.38. The summed E-state index contributed by atoms with van der Waals surface area (Å²) in [6, 6.07) is 13.0. The van der Waals surface area contributed by atoms with Crippen molar-refractivity contribution in [3.05, 3.63) is 65.5 Å². The average Bonchev–Trinajstić information content (AvgIpc) is 2.59. The first kappa shape index (κ1) is 20.3. The van der Waals surface area contributed by atoms with Crippen LogP contribution in [0, 0.1) is 5.82 Å². The van der Waals surface area contributed by atoms with Crippen molar-refractivity contribution >= 4 is 23.2 Å². The van der Waals surface area contributed by atoms with Crippen molar-refractivity contribution in [2.24, 2.45) is 5.10 Å². The fraction of sp³-hybridized carbons (Fsp3) is 0.286. The van der Waals surface area contributed by atoms with Gasteiger partial charge in [-0.05, 0) is 48.2 Å². The summed E-state index contributed by atoms with van der Waals surface area (Å²) in [5.41, 5.74) is 4.88. The number of hydrogen-bond donors (Lipinski definition) is 2. The van der Waals surface area contributed by atoms with E-state index in [1.165, 1.54) is 18.2 Å². The topological polar surface area (TPSA) is 70.6 Å². The molecule has 2 aromatic carbocycles. The molecule has 5 nitrogen and oxygen atoms in total. The summed E-state index contributed by atoms with van der Waals surface area (Å²) in [6.45, 7) is 7.94. The van der Waals surface area contributed by atoms with Crippen molar-refractivity contribution < 1.29 is 14.0 Å². The lowest BCUT2D eigenvalue weighted by atomic mass is 9.87. The third-order valence-electron chi connectivity index (χ3n) is 3.89. The number of carbonyl (C=O) groups is 2. The van der Waals surface area contributed by atoms with Gasteiger partial charge in [-0.3, -0.25) is 9.59 Å². The molecule has 0 saturated heterocycles. The molecule has 0 aliphatic carbocycles. The summed E-state index contributed by atoms with van der Waals surface area (Å²) in [5, 5.41) is 6.53. The maximum atomic E-state index is 13.1. The van der Waals surface area contributed by atoms with Gasteiger partial charge < -0.3 is 5.32 Å². The Morgan fingerprint density at radius 2 is 1.74 bits per heavy atom. The lowest BCUT2D eigenvalue weighted by molar-refractivity contribution is -0.115. The fourth-order valence-corrected chi connectivity index (χ4v) is 2.38. The molecule has 2 N–H and O–H groups in total. The second-order valence-corrected chi connectivity index (χ2v) is 7.35. The smallest absolute Gasteiger partial charge is 0.271 e. The van der Waals surface area contributed by atoms with E-state index in [4.69, 9.17) is 0 Å². The highest BCUT2D eigenvalue weighted by Gasteiger charge is 2.14. The molecule has 0 aliphatic heterocycles. The molecule has 0 aromatic heterocycles. The zero-order valence-corrected chi connectivity index (χ0v) is 16.0. The predicted molar refractivity (Wildman–Crippen MR) is 105 cm³/mol. The average molecular weight is 369 g/mol. The highest BCUT2D eigenvalue weighted by Crippen LogP contribution is 2.22. The van der Waals surface area contributed by atoms with E-state index < -0.39 is 5.82 Å². The van der Waals surface area contributed by atoms with Crippen LogP contribution in [0.5, 0.6) is 0 Å². The number of nitrogens with one attached hydrogen (secondary N) is 2. The van der Waals surface area contributed by atoms with Gasteiger partial charge in [-0.25, -0.2) is 9.82 Å². The molecule has 2 amide bonds. The minimum absolute atomic E-state index is 0.0127. The van der Waals surface area contributed by atoms with Crippen LogP contribution in [0.4, 0.5) is 10.1 Å². The molecule has 0 spiro atoms. The first-order valence-electron chi connectivity index (χ1n) is 8.64. The second-order valence-electron chi connectivity index (χ2n) is 7.35. The second kappa shape index (κ2) is 8.58. The number of carbonyl (C=O) groups excluding carboxylic acids is 2. The van der Waals surface area contributed by atoms with Crippen LogP contribution in [0.3, 0.4) is 0 Å². The van der Waals surface area contributed by atoms with Gasteiger partial charge in [0.15, 0.2) is 0 Å². The molecule has 0 saturated carbocycles. The van der Waals surface area contributed by atoms with Gasteiger partial charge in [-0.15, -0.1) is 0 Å². The first-order valence-corrected chi connectivity index (χ1v) is 8.64. The Bertz CT molecular complexity index is 852. The SMILES string of the molecule is C/C(CC(=O)Nc1cccc(F)c1)=N/NC(=O)c1ccc(C(C)(C)C)cc1. The molecule has 27 heavy (non-hydrogen) atoms. The van der Waals surface area contributed by atoms with Crippen LogP contribution in [-0.2, 0) is 10.2 Å². The van der Waals surface area contributed by atoms with Crippen molar-refractivity contribution in [3.63, 3.8) is 0 Å². The molecule has 0 fully saturated rings. The normalized spacial score (nSPS) is 11.8. The van der Waals surface area contributed by atoms with E-state index in [9.17, 15) is 14.0 Å². The van der Waals surface area contributed by atoms with Crippen LogP contribution < -0.4 is 10.7 Å². The van der Waals surface area contributed by atoms with Crippen molar-refractivity contribution in [1.82, 2.24) is 5.43 Å². The van der Waals surface area contributed by atoms with E-state index >= 15 is 0 Å². The van der Waals surface area contributed by atoms with Gasteiger partial charge in [0.1, 0.15) is 5.82 Å². The molecule has 142 valence electrons. The Morgan fingerprint density at radius 3 is 2.33 bits per heavy atom. The summed E-state index contributed by atoms with van der Waals surface area (Å²) < 4.78 is 13.1. The highest BCUT2D eigenvalue weighted by atomic mass is 19.1. The minimum atomic E-state index is -0.428. The van der Waals surface area contributed by atoms with E-state index in [1.54, 1.807) is 25.1 Å². The Hall–Kier alpha value is -3.02. The number of hydrazone groups is 1. The summed E-state index contributed by atoms with van der Waals surface area (Å²) in [5.74, 6) is -1.12. The Morgan fingerprint density at radius 1 is 1.07 bits per heavy atom. The van der Waals surface area contributed by atoms with Crippen molar-refractivity contribution in [2.45, 2.75) is 39.5 Å². The molecule has 6 heteroatoms. The quantitative estimate of drug-likeness (QED) is 0.611. The van der Waals surface area contributed by atoms with E-state index in [-0.39, 0.29) is 23.7 Å². The van der Waals surface area contributed by atoms with E-state index in [1.807, 2.05) is 12.1 Å². The number of anilines is 1. The number of nitrogens with zero attached hydrogens (tertiary/aromatic N) is 1. The summed E-state index contributed by atoms with van der Waals surface area (Å²) in [4.78, 5) is 24.1. The molecular weight excluding hydrogens is 345 g/mol. The van der Waals surface area contributed by atoms with Crippen LogP contribution in [0.2, 0.25) is 0 Å². The lowest BCUT2D eigenvalue weighted by Gasteiger charge is -2.18. The maximum Gasteiger partial charge on any atom is 0.271 e. The molecule has 0 atom stereocenters. The number of benzene rings is 2. The molecule has 2 rings (SSSR count). The Balaban J connectivity index is 1.90. The molecule has 0 unspecified atom stereocenters. The third-order valence-corrected chi connectivity index (χ3v) is 3.89. The Kier molecular flexibility index (Phi) is 6.45. The van der Waals surface area contributed by atoms with Crippen molar-refractivity contribution in [3.8, 4) is 0 Å². The predicted octanol–water partition coefficient (Wildman–Crippen LogP) is 4.26. The largest absolute Gasteiger partial charge is 0.326 e. The van der Waals surface area contributed by atoms with E-state index in [2.05, 4.69) is 36.6 Å². The van der Waals surface area contributed by atoms with Gasteiger partial charge in [0.05, 0.1) is 6.42 Å². The molecule has 0 aliphatic rings. The Labute approximate surface area is 158 Å². The summed E-state index contributed by atoms with van der Waals surface area (Å²) >= 11 is 0. The molecule has 0 radical (unpaired) electrons. The van der Waals surface area contributed by atoms with Crippen LogP contribution in [0.25, 0.3) is 0 Å². The molecule has 2 aromatic rings. The van der Waals surface area contributed by atoms with Gasteiger partial charge in [0.25, 0.3) is 5.91 Å². The van der Waals surface area contributed by atoms with Gasteiger partial charge in [0.2, 0.25) is 5.91 Å². The number of hydrogen-bond acceptors (Lipinski definition) is 3. The van der Waals surface area contributed by atoms with Gasteiger partial charge in [-0.2, -0.15) is 5.10 Å². The van der Waals surface area contributed by atoms with Crippen LogP contribution >= 0.6 is 0 Å². The van der Waals surface area contributed by atoms with E-state index in [0.717, 1.165) is 5.56 Å². The summed E-state index contributed by atoms with van der Waals surface area (Å²) in [6.07, 6.45) is -0.0141. The van der Waals surface area contributed by atoms with Crippen LogP contribution in [0.15, 0.2) is 53.6 Å². The van der Waals surface area contributed by atoms with Gasteiger partial charge >= 0.3 is 0 Å². The van der Waals surface area contributed by atoms with Crippen LogP contribution in [0.1, 0.15) is 50.0 Å². The zero-order chi connectivity index (χ0) is 20.0. The third kappa shape index (κ3) is 6.33. The van der Waals surface area contributed by atoms with Gasteiger partial charge in [-0.1, -0.05) is 39.0 Å². The molecule has 0 bridgehead atoms. The van der Waals surface area contributed by atoms with Crippen molar-refractivity contribution in [2.75, 3.05) is 5.32 Å². The standard InChI is InChI=1S/C21H24FN3O2/c1-14(12-19(26)23-18-7-5-6-17(22)13-18)24-25-20(27)15-8-10-16(11-9-15)21(2,3)4/h5-11,13H,12H2,1-4H3,(H,23,26)(H,25,27)/b24-14-. The number of amides is 2.